The Balaban J connectivity index is 1.40. The van der Waals surface area contributed by atoms with E-state index in [1.165, 1.54) is 22.7 Å². The fourth-order valence-electron chi connectivity index (χ4n) is 5.62. The lowest BCUT2D eigenvalue weighted by Gasteiger charge is -2.23. The topological polar surface area (TPSA) is 97.5 Å². The number of hydrogen-bond donors (Lipinski definition) is 1. The third-order valence-electron chi connectivity index (χ3n) is 7.67. The van der Waals surface area contributed by atoms with Crippen LogP contribution in [0.3, 0.4) is 0 Å². The van der Waals surface area contributed by atoms with Crippen molar-refractivity contribution in [3.8, 4) is 17.0 Å². The van der Waals surface area contributed by atoms with Gasteiger partial charge >= 0.3 is 6.61 Å². The quantitative estimate of drug-likeness (QED) is 0.441. The molecule has 0 spiro atoms. The highest BCUT2D eigenvalue weighted by atomic mass is 19.3. The fourth-order valence-corrected chi connectivity index (χ4v) is 5.62. The Hall–Kier alpha value is -3.99. The van der Waals surface area contributed by atoms with Crippen molar-refractivity contribution in [2.24, 2.45) is 0 Å². The first-order chi connectivity index (χ1) is 19.1. The number of fused-ring (bicyclic) bond motifs is 9. The van der Waals surface area contributed by atoms with Gasteiger partial charge in [-0.25, -0.2) is 19.5 Å². The third kappa shape index (κ3) is 3.19. The summed E-state index contributed by atoms with van der Waals surface area (Å²) in [5.41, 5.74) is 2.64. The number of rotatable bonds is 5. The molecule has 2 aliphatic carbocycles. The molecular formula is C26H23F2N7O2. The highest BCUT2D eigenvalue weighted by molar-refractivity contribution is 5.98. The summed E-state index contributed by atoms with van der Waals surface area (Å²) in [5, 5.41) is 7.89. The molecule has 1 aromatic carbocycles. The molecule has 4 heterocycles. The van der Waals surface area contributed by atoms with Crippen molar-refractivity contribution in [1.82, 2.24) is 34.8 Å². The van der Waals surface area contributed by atoms with Crippen molar-refractivity contribution >= 4 is 11.6 Å². The maximum absolute atomic E-state index is 13.6. The number of amides is 1. The van der Waals surface area contributed by atoms with Crippen molar-refractivity contribution in [3.63, 3.8) is 0 Å². The fraction of sp³-hybridized carbons (Fsp3) is 0.346. The lowest BCUT2D eigenvalue weighted by atomic mass is 9.89. The van der Waals surface area contributed by atoms with Gasteiger partial charge in [0.1, 0.15) is 11.6 Å². The summed E-state index contributed by atoms with van der Waals surface area (Å²) in [6.07, 6.45) is 7.17. The van der Waals surface area contributed by atoms with E-state index in [9.17, 15) is 13.6 Å². The zero-order valence-corrected chi connectivity index (χ0v) is 19.7. The number of carbonyl (C=O) groups is 1. The van der Waals surface area contributed by atoms with Gasteiger partial charge in [-0.15, -0.1) is 0 Å². The van der Waals surface area contributed by atoms with Gasteiger partial charge in [-0.2, -0.15) is 13.9 Å². The first kappa shape index (κ1) is 19.2. The lowest BCUT2D eigenvalue weighted by molar-refractivity contribution is -0.0505. The van der Waals surface area contributed by atoms with E-state index in [4.69, 9.17) is 13.8 Å². The maximum Gasteiger partial charge on any atom is 0.387 e. The van der Waals surface area contributed by atoms with E-state index in [-0.39, 0.29) is 28.8 Å². The van der Waals surface area contributed by atoms with Crippen molar-refractivity contribution in [2.75, 3.05) is 14.0 Å². The zero-order valence-electron chi connectivity index (χ0n) is 22.7. The summed E-state index contributed by atoms with van der Waals surface area (Å²) in [7, 11) is 1.88. The molecule has 11 heteroatoms. The molecule has 0 radical (unpaired) electrons. The minimum Gasteiger partial charge on any atom is -0.434 e. The van der Waals surface area contributed by atoms with Crippen LogP contribution in [0.15, 0.2) is 42.9 Å². The number of alkyl halides is 2. The Bertz CT molecular complexity index is 1670. The number of ether oxygens (including phenoxy) is 1. The van der Waals surface area contributed by atoms with Crippen molar-refractivity contribution in [2.45, 2.75) is 43.4 Å². The Morgan fingerprint density at radius 2 is 2.03 bits per heavy atom. The summed E-state index contributed by atoms with van der Waals surface area (Å²) < 4.78 is 57.6. The molecule has 1 amide bonds. The Morgan fingerprint density at radius 3 is 2.73 bits per heavy atom. The summed E-state index contributed by atoms with van der Waals surface area (Å²) in [6, 6.07) is 5.04. The van der Waals surface area contributed by atoms with E-state index >= 15 is 0 Å². The second-order valence-corrected chi connectivity index (χ2v) is 9.58. The first-order valence-electron chi connectivity index (χ1n) is 13.4. The third-order valence-corrected chi connectivity index (χ3v) is 7.67. The van der Waals surface area contributed by atoms with E-state index in [2.05, 4.69) is 20.4 Å². The predicted molar refractivity (Wildman–Crippen MR) is 128 cm³/mol. The molecule has 1 saturated carbocycles. The summed E-state index contributed by atoms with van der Waals surface area (Å²) in [4.78, 5) is 28.3. The van der Waals surface area contributed by atoms with Gasteiger partial charge in [-0.3, -0.25) is 4.79 Å². The summed E-state index contributed by atoms with van der Waals surface area (Å²) >= 11 is 0. The van der Waals surface area contributed by atoms with Crippen LogP contribution in [0.5, 0.6) is 5.75 Å². The molecule has 7 rings (SSSR count). The maximum atomic E-state index is 13.6. The standard InChI is InChI=1S/C26H23F2N7O2/c1-29-26(7-8-26)24-30-11-13(12-31-24)16-6-9-35-22(32-16)20-15-10-17(21(20)33-35)34(2)23(36)14-4-3-5-18(19(14)15)37-25(27)28/h3-6,9,11-12,15,17,25,29H,7-8,10H2,1-2H3/t15-,17-/m1/s1/i2D3. The average molecular weight is 507 g/mol. The van der Waals surface area contributed by atoms with Crippen molar-refractivity contribution < 1.29 is 22.4 Å². The molecule has 9 nitrogen and oxygen atoms in total. The first-order valence-corrected chi connectivity index (χ1v) is 11.9. The second-order valence-electron chi connectivity index (χ2n) is 9.58. The van der Waals surface area contributed by atoms with Crippen LogP contribution in [-0.2, 0) is 5.54 Å². The van der Waals surface area contributed by atoms with Crippen LogP contribution in [0, 0.1) is 0 Å². The van der Waals surface area contributed by atoms with E-state index in [1.54, 1.807) is 24.7 Å². The van der Waals surface area contributed by atoms with Gasteiger partial charge in [0.05, 0.1) is 23.0 Å². The Morgan fingerprint density at radius 1 is 1.22 bits per heavy atom. The molecule has 4 aromatic rings. The van der Waals surface area contributed by atoms with Crippen LogP contribution in [0.25, 0.3) is 16.9 Å². The number of halogens is 2. The Labute approximate surface area is 214 Å². The van der Waals surface area contributed by atoms with E-state index in [1.807, 2.05) is 7.05 Å². The van der Waals surface area contributed by atoms with Crippen LogP contribution in [0.2, 0.25) is 0 Å². The van der Waals surface area contributed by atoms with Gasteiger partial charge in [-0.05, 0) is 44.5 Å². The Kier molecular flexibility index (Phi) is 4.02. The van der Waals surface area contributed by atoms with Crippen LogP contribution >= 0.6 is 0 Å². The molecule has 3 aliphatic rings. The number of benzene rings is 1. The normalized spacial score (nSPS) is 22.8. The van der Waals surface area contributed by atoms with Gasteiger partial charge < -0.3 is 15.0 Å². The molecular weight excluding hydrogens is 480 g/mol. The molecule has 0 saturated heterocycles. The number of hydrogen-bond acceptors (Lipinski definition) is 7. The van der Waals surface area contributed by atoms with Gasteiger partial charge in [-0.1, -0.05) is 6.07 Å². The SMILES string of the molecule is [2H]C([2H])([2H])N1C(=O)c2cccc(OC(F)F)c2[C@H]2C[C@@H]1c1nn3ccc(-c4cnc(C5(NC)CC5)nc4)nc3c12. The minimum atomic E-state index is -3.13. The van der Waals surface area contributed by atoms with Gasteiger partial charge in [0, 0.05) is 57.9 Å². The molecule has 1 N–H and O–H groups in total. The molecule has 2 atom stereocenters. The van der Waals surface area contributed by atoms with Crippen LogP contribution in [-0.4, -0.2) is 56.0 Å². The molecule has 1 fully saturated rings. The van der Waals surface area contributed by atoms with Gasteiger partial charge in [0.15, 0.2) is 5.65 Å². The number of aromatic nitrogens is 5. The van der Waals surface area contributed by atoms with E-state index in [0.29, 0.717) is 34.0 Å². The number of carbonyl (C=O) groups excluding carboxylic acids is 1. The highest BCUT2D eigenvalue weighted by Crippen LogP contribution is 2.53. The summed E-state index contributed by atoms with van der Waals surface area (Å²) in [6.45, 7) is -5.93. The van der Waals surface area contributed by atoms with Crippen LogP contribution in [0.4, 0.5) is 8.78 Å². The van der Waals surface area contributed by atoms with Gasteiger partial charge in [0.2, 0.25) is 0 Å². The predicted octanol–water partition coefficient (Wildman–Crippen LogP) is 3.66. The van der Waals surface area contributed by atoms with Crippen LogP contribution in [0.1, 0.15) is 68.3 Å². The van der Waals surface area contributed by atoms with Crippen LogP contribution < -0.4 is 10.1 Å². The molecule has 0 unspecified atom stereocenters. The smallest absolute Gasteiger partial charge is 0.387 e. The van der Waals surface area contributed by atoms with Crippen molar-refractivity contribution in [1.29, 1.82) is 0 Å². The second kappa shape index (κ2) is 7.75. The number of nitrogens with zero attached hydrogens (tertiary/aromatic N) is 6. The van der Waals surface area contributed by atoms with E-state index < -0.39 is 31.5 Å². The molecule has 188 valence electrons. The van der Waals surface area contributed by atoms with Crippen molar-refractivity contribution in [3.05, 3.63) is 71.1 Å². The summed E-state index contributed by atoms with van der Waals surface area (Å²) in [5.74, 6) is -0.896. The molecule has 1 aliphatic heterocycles. The zero-order chi connectivity index (χ0) is 28.0. The lowest BCUT2D eigenvalue weighted by Crippen LogP contribution is -2.30. The highest BCUT2D eigenvalue weighted by Gasteiger charge is 2.47. The number of nitrogens with one attached hydrogen (secondary N) is 1. The van der Waals surface area contributed by atoms with Gasteiger partial charge in [0.25, 0.3) is 5.91 Å². The molecule has 3 aromatic heterocycles. The average Bonchev–Trinajstić information content (AvgIpc) is 3.55. The largest absolute Gasteiger partial charge is 0.434 e. The van der Waals surface area contributed by atoms with E-state index in [0.717, 1.165) is 17.7 Å². The molecule has 2 bridgehead atoms. The monoisotopic (exact) mass is 506 g/mol. The minimum absolute atomic E-state index is 0.00505. The molecule has 37 heavy (non-hydrogen) atoms.